The van der Waals surface area contributed by atoms with Crippen molar-refractivity contribution in [1.82, 2.24) is 0 Å². The topological polar surface area (TPSA) is 12.0 Å². The van der Waals surface area contributed by atoms with Crippen LogP contribution in [0.5, 0.6) is 0 Å². The molecule has 2 aromatic rings. The monoisotopic (exact) mass is 275 g/mol. The highest BCUT2D eigenvalue weighted by molar-refractivity contribution is 5.50. The quantitative estimate of drug-likeness (QED) is 0.827. The molecular formula is C17H19F2N. The van der Waals surface area contributed by atoms with Crippen molar-refractivity contribution >= 4 is 5.69 Å². The number of nitrogens with one attached hydrogen (secondary N) is 1. The normalized spacial score (nSPS) is 12.2. The van der Waals surface area contributed by atoms with E-state index in [0.29, 0.717) is 5.56 Å². The summed E-state index contributed by atoms with van der Waals surface area (Å²) in [5.41, 5.74) is 2.62. The zero-order valence-corrected chi connectivity index (χ0v) is 12.0. The second kappa shape index (κ2) is 6.04. The predicted octanol–water partition coefficient (Wildman–Crippen LogP) is 5.01. The average Bonchev–Trinajstić information content (AvgIpc) is 2.47. The van der Waals surface area contributed by atoms with E-state index in [1.165, 1.54) is 17.7 Å². The van der Waals surface area contributed by atoms with Gasteiger partial charge in [0.1, 0.15) is 11.5 Å². The maximum atomic E-state index is 14.0. The second-order valence-corrected chi connectivity index (χ2v) is 5.01. The lowest BCUT2D eigenvalue weighted by Gasteiger charge is -2.18. The maximum absolute atomic E-state index is 14.0. The smallest absolute Gasteiger partial charge is 0.152 e. The Morgan fingerprint density at radius 2 is 1.70 bits per heavy atom. The van der Waals surface area contributed by atoms with Crippen LogP contribution in [0.3, 0.4) is 0 Å². The molecule has 0 bridgehead atoms. The summed E-state index contributed by atoms with van der Waals surface area (Å²) in [5.74, 6) is -1.09. The van der Waals surface area contributed by atoms with Gasteiger partial charge in [0.25, 0.3) is 0 Å². The third-order valence-corrected chi connectivity index (χ3v) is 3.53. The lowest BCUT2D eigenvalue weighted by Crippen LogP contribution is -2.10. The van der Waals surface area contributed by atoms with E-state index in [0.717, 1.165) is 12.0 Å². The Labute approximate surface area is 118 Å². The van der Waals surface area contributed by atoms with Gasteiger partial charge in [0.2, 0.25) is 0 Å². The van der Waals surface area contributed by atoms with Gasteiger partial charge < -0.3 is 5.32 Å². The van der Waals surface area contributed by atoms with E-state index in [4.69, 9.17) is 0 Å². The van der Waals surface area contributed by atoms with Crippen LogP contribution < -0.4 is 5.32 Å². The molecule has 0 fully saturated rings. The van der Waals surface area contributed by atoms with Crippen LogP contribution in [0.4, 0.5) is 14.5 Å². The molecule has 1 atom stereocenters. The first-order valence-electron chi connectivity index (χ1n) is 6.83. The number of hydrogen-bond donors (Lipinski definition) is 1. The molecule has 0 aliphatic carbocycles. The third kappa shape index (κ3) is 2.98. The Morgan fingerprint density at radius 1 is 1.05 bits per heavy atom. The van der Waals surface area contributed by atoms with Crippen LogP contribution in [0.2, 0.25) is 0 Å². The molecule has 1 nitrogen and oxygen atoms in total. The van der Waals surface area contributed by atoms with Crippen LogP contribution in [-0.4, -0.2) is 0 Å². The summed E-state index contributed by atoms with van der Waals surface area (Å²) in [7, 11) is 0. The highest BCUT2D eigenvalue weighted by Gasteiger charge is 2.14. The molecule has 3 heteroatoms. The van der Waals surface area contributed by atoms with Crippen molar-refractivity contribution in [3.63, 3.8) is 0 Å². The molecule has 1 N–H and O–H groups in total. The summed E-state index contributed by atoms with van der Waals surface area (Å²) >= 11 is 0. The summed E-state index contributed by atoms with van der Waals surface area (Å²) in [6.45, 7) is 5.61. The van der Waals surface area contributed by atoms with Gasteiger partial charge >= 0.3 is 0 Å². The molecule has 0 heterocycles. The molecule has 106 valence electrons. The van der Waals surface area contributed by atoms with Gasteiger partial charge in [0.15, 0.2) is 5.82 Å². The molecule has 0 saturated carbocycles. The molecule has 0 aliphatic heterocycles. The highest BCUT2D eigenvalue weighted by Crippen LogP contribution is 2.26. The molecule has 20 heavy (non-hydrogen) atoms. The number of aryl methyl sites for hydroxylation is 2. The van der Waals surface area contributed by atoms with Crippen molar-refractivity contribution in [2.24, 2.45) is 0 Å². The predicted molar refractivity (Wildman–Crippen MR) is 79.0 cm³/mol. The van der Waals surface area contributed by atoms with Crippen molar-refractivity contribution in [3.05, 3.63) is 64.7 Å². The highest BCUT2D eigenvalue weighted by atomic mass is 19.1. The summed E-state index contributed by atoms with van der Waals surface area (Å²) in [5, 5.41) is 2.92. The second-order valence-electron chi connectivity index (χ2n) is 5.01. The van der Waals surface area contributed by atoms with E-state index in [2.05, 4.69) is 12.2 Å². The van der Waals surface area contributed by atoms with E-state index in [-0.39, 0.29) is 11.7 Å². The van der Waals surface area contributed by atoms with Gasteiger partial charge in [0.05, 0.1) is 0 Å². The van der Waals surface area contributed by atoms with Crippen molar-refractivity contribution in [3.8, 4) is 0 Å². The zero-order valence-electron chi connectivity index (χ0n) is 12.0. The molecule has 0 aromatic heterocycles. The van der Waals surface area contributed by atoms with Crippen molar-refractivity contribution in [1.29, 1.82) is 0 Å². The van der Waals surface area contributed by atoms with Gasteiger partial charge in [-0.25, -0.2) is 8.78 Å². The Morgan fingerprint density at radius 3 is 2.30 bits per heavy atom. The van der Waals surface area contributed by atoms with Crippen LogP contribution >= 0.6 is 0 Å². The lowest BCUT2D eigenvalue weighted by molar-refractivity contribution is 0.579. The maximum Gasteiger partial charge on any atom is 0.152 e. The molecule has 0 amide bonds. The Hall–Kier alpha value is -1.90. The van der Waals surface area contributed by atoms with Crippen molar-refractivity contribution < 1.29 is 8.78 Å². The number of hydrogen-bond acceptors (Lipinski definition) is 1. The summed E-state index contributed by atoms with van der Waals surface area (Å²) in [6, 6.07) is 10.6. The van der Waals surface area contributed by atoms with E-state index in [1.54, 1.807) is 6.92 Å². The van der Waals surface area contributed by atoms with E-state index < -0.39 is 11.6 Å². The molecule has 0 aliphatic rings. The van der Waals surface area contributed by atoms with Gasteiger partial charge in [-0.1, -0.05) is 37.3 Å². The lowest BCUT2D eigenvalue weighted by atomic mass is 10.0. The number of anilines is 1. The number of halogens is 2. The molecule has 0 radical (unpaired) electrons. The van der Waals surface area contributed by atoms with E-state index in [9.17, 15) is 8.78 Å². The first-order chi connectivity index (χ1) is 9.52. The Balaban J connectivity index is 2.23. The number of benzene rings is 2. The fraction of sp³-hybridized carbons (Fsp3) is 0.294. The van der Waals surface area contributed by atoms with Crippen molar-refractivity contribution in [2.45, 2.75) is 33.2 Å². The fourth-order valence-corrected chi connectivity index (χ4v) is 2.13. The van der Waals surface area contributed by atoms with Crippen molar-refractivity contribution in [2.75, 3.05) is 5.32 Å². The van der Waals surface area contributed by atoms with Crippen LogP contribution in [0.25, 0.3) is 0 Å². The molecule has 0 saturated heterocycles. The molecule has 2 rings (SSSR count). The summed E-state index contributed by atoms with van der Waals surface area (Å²) in [4.78, 5) is 0. The fourth-order valence-electron chi connectivity index (χ4n) is 2.13. The van der Waals surface area contributed by atoms with Crippen LogP contribution in [0.1, 0.15) is 36.6 Å². The van der Waals surface area contributed by atoms with Crippen LogP contribution in [0, 0.1) is 18.6 Å². The van der Waals surface area contributed by atoms with Crippen LogP contribution in [0.15, 0.2) is 36.4 Å². The average molecular weight is 275 g/mol. The van der Waals surface area contributed by atoms with Gasteiger partial charge in [-0.2, -0.15) is 0 Å². The third-order valence-electron chi connectivity index (χ3n) is 3.53. The summed E-state index contributed by atoms with van der Waals surface area (Å²) < 4.78 is 27.7. The van der Waals surface area contributed by atoms with E-state index in [1.807, 2.05) is 31.2 Å². The van der Waals surface area contributed by atoms with Gasteiger partial charge in [0, 0.05) is 6.04 Å². The zero-order chi connectivity index (χ0) is 14.7. The Kier molecular flexibility index (Phi) is 4.38. The van der Waals surface area contributed by atoms with Gasteiger partial charge in [-0.3, -0.25) is 0 Å². The molecular weight excluding hydrogens is 256 g/mol. The molecule has 1 unspecified atom stereocenters. The standard InChI is InChI=1S/C17H19F2N/c1-4-13-6-8-14(9-7-13)12(3)20-17-15(18)10-5-11(2)16(17)19/h5-10,12,20H,4H2,1-3H3. The van der Waals surface area contributed by atoms with Crippen LogP contribution in [-0.2, 0) is 6.42 Å². The number of rotatable bonds is 4. The van der Waals surface area contributed by atoms with Gasteiger partial charge in [-0.15, -0.1) is 0 Å². The molecule has 2 aromatic carbocycles. The molecule has 0 spiro atoms. The Bertz CT molecular complexity index is 591. The summed E-state index contributed by atoms with van der Waals surface area (Å²) in [6.07, 6.45) is 0.975. The minimum absolute atomic E-state index is 0.0583. The minimum atomic E-state index is -0.565. The van der Waals surface area contributed by atoms with Gasteiger partial charge in [-0.05, 0) is 43.0 Å². The largest absolute Gasteiger partial charge is 0.374 e. The van der Waals surface area contributed by atoms with E-state index >= 15 is 0 Å². The first kappa shape index (κ1) is 14.5. The minimum Gasteiger partial charge on any atom is -0.374 e. The SMILES string of the molecule is CCc1ccc(C(C)Nc2c(F)ccc(C)c2F)cc1. The first-order valence-corrected chi connectivity index (χ1v) is 6.83.